The summed E-state index contributed by atoms with van der Waals surface area (Å²) < 4.78 is 0. The molecule has 0 bridgehead atoms. The molecule has 0 aliphatic carbocycles. The third kappa shape index (κ3) is 3.38. The Morgan fingerprint density at radius 1 is 1.33 bits per heavy atom. The third-order valence-corrected chi connectivity index (χ3v) is 4.58. The maximum Gasteiger partial charge on any atom is 0.237 e. The third-order valence-electron chi connectivity index (χ3n) is 4.58. The first-order chi connectivity index (χ1) is 10.2. The predicted octanol–water partition coefficient (Wildman–Crippen LogP) is 1.83. The van der Waals surface area contributed by atoms with Gasteiger partial charge in [-0.1, -0.05) is 12.1 Å². The van der Waals surface area contributed by atoms with Gasteiger partial charge in [-0.3, -0.25) is 4.79 Å². The minimum atomic E-state index is -0.0359. The van der Waals surface area contributed by atoms with Gasteiger partial charge in [0.05, 0.1) is 6.04 Å². The summed E-state index contributed by atoms with van der Waals surface area (Å²) in [5.41, 5.74) is 4.08. The number of nitrogens with one attached hydrogen (secondary N) is 2. The Labute approximate surface area is 126 Å². The first-order valence-electron chi connectivity index (χ1n) is 8.08. The summed E-state index contributed by atoms with van der Waals surface area (Å²) in [7, 11) is 2.16. The summed E-state index contributed by atoms with van der Waals surface area (Å²) in [6, 6.07) is 6.67. The molecule has 1 aromatic carbocycles. The van der Waals surface area contributed by atoms with Crippen molar-refractivity contribution in [2.24, 2.45) is 0 Å². The fourth-order valence-corrected chi connectivity index (χ4v) is 3.32. The van der Waals surface area contributed by atoms with Crippen LogP contribution in [0.5, 0.6) is 0 Å². The van der Waals surface area contributed by atoms with Crippen molar-refractivity contribution in [3.05, 3.63) is 29.3 Å². The Kier molecular flexibility index (Phi) is 4.44. The van der Waals surface area contributed by atoms with Crippen molar-refractivity contribution >= 4 is 11.6 Å². The number of carbonyl (C=O) groups is 1. The molecule has 1 saturated heterocycles. The molecule has 21 heavy (non-hydrogen) atoms. The van der Waals surface area contributed by atoms with Crippen LogP contribution in [-0.2, 0) is 17.8 Å². The Bertz CT molecular complexity index is 515. The SMILES string of the molecule is CN1CCCc2cc(CNC3CCCCNC3=O)ccc21. The van der Waals surface area contributed by atoms with Crippen LogP contribution >= 0.6 is 0 Å². The fourth-order valence-electron chi connectivity index (χ4n) is 3.32. The van der Waals surface area contributed by atoms with E-state index in [1.54, 1.807) is 0 Å². The van der Waals surface area contributed by atoms with Gasteiger partial charge in [0.1, 0.15) is 0 Å². The van der Waals surface area contributed by atoms with Gasteiger partial charge in [0.15, 0.2) is 0 Å². The van der Waals surface area contributed by atoms with Gasteiger partial charge in [-0.05, 0) is 49.3 Å². The monoisotopic (exact) mass is 287 g/mol. The van der Waals surface area contributed by atoms with Crippen LogP contribution in [0.4, 0.5) is 5.69 Å². The van der Waals surface area contributed by atoms with E-state index in [9.17, 15) is 4.79 Å². The van der Waals surface area contributed by atoms with E-state index in [1.165, 1.54) is 23.2 Å². The highest BCUT2D eigenvalue weighted by Gasteiger charge is 2.20. The van der Waals surface area contributed by atoms with Crippen molar-refractivity contribution in [3.8, 4) is 0 Å². The number of hydrogen-bond acceptors (Lipinski definition) is 3. The van der Waals surface area contributed by atoms with E-state index < -0.39 is 0 Å². The number of benzene rings is 1. The van der Waals surface area contributed by atoms with Crippen LogP contribution in [0.25, 0.3) is 0 Å². The van der Waals surface area contributed by atoms with Gasteiger partial charge >= 0.3 is 0 Å². The van der Waals surface area contributed by atoms with Gasteiger partial charge in [0, 0.05) is 32.4 Å². The maximum atomic E-state index is 11.9. The molecule has 114 valence electrons. The van der Waals surface area contributed by atoms with Crippen LogP contribution in [-0.4, -0.2) is 32.1 Å². The summed E-state index contributed by atoms with van der Waals surface area (Å²) in [5, 5.41) is 6.40. The zero-order valence-electron chi connectivity index (χ0n) is 12.8. The zero-order chi connectivity index (χ0) is 14.7. The second-order valence-electron chi connectivity index (χ2n) is 6.21. The van der Waals surface area contributed by atoms with Crippen molar-refractivity contribution < 1.29 is 4.79 Å². The molecule has 1 unspecified atom stereocenters. The molecule has 4 heteroatoms. The molecule has 2 heterocycles. The number of fused-ring (bicyclic) bond motifs is 1. The Balaban J connectivity index is 1.64. The number of rotatable bonds is 3. The quantitative estimate of drug-likeness (QED) is 0.891. The molecule has 4 nitrogen and oxygen atoms in total. The maximum absolute atomic E-state index is 11.9. The highest BCUT2D eigenvalue weighted by atomic mass is 16.2. The van der Waals surface area contributed by atoms with Gasteiger partial charge in [0.25, 0.3) is 0 Å². The number of nitrogens with zero attached hydrogens (tertiary/aromatic N) is 1. The second-order valence-corrected chi connectivity index (χ2v) is 6.21. The summed E-state index contributed by atoms with van der Waals surface area (Å²) in [6.07, 6.45) is 5.54. The van der Waals surface area contributed by atoms with Crippen LogP contribution in [0.1, 0.15) is 36.8 Å². The van der Waals surface area contributed by atoms with Crippen LogP contribution in [0.2, 0.25) is 0 Å². The Morgan fingerprint density at radius 3 is 3.14 bits per heavy atom. The average Bonchev–Trinajstić information content (AvgIpc) is 2.70. The predicted molar refractivity (Wildman–Crippen MR) is 85.5 cm³/mol. The summed E-state index contributed by atoms with van der Waals surface area (Å²) in [4.78, 5) is 14.3. The smallest absolute Gasteiger partial charge is 0.237 e. The van der Waals surface area contributed by atoms with E-state index >= 15 is 0 Å². The topological polar surface area (TPSA) is 44.4 Å². The molecule has 2 aliphatic rings. The molecule has 1 fully saturated rings. The van der Waals surface area contributed by atoms with Crippen molar-refractivity contribution in [3.63, 3.8) is 0 Å². The number of carbonyl (C=O) groups excluding carboxylic acids is 1. The Morgan fingerprint density at radius 2 is 2.24 bits per heavy atom. The van der Waals surface area contributed by atoms with Gasteiger partial charge in [-0.25, -0.2) is 0 Å². The van der Waals surface area contributed by atoms with E-state index in [4.69, 9.17) is 0 Å². The van der Waals surface area contributed by atoms with E-state index in [2.05, 4.69) is 40.8 Å². The van der Waals surface area contributed by atoms with E-state index in [-0.39, 0.29) is 11.9 Å². The summed E-state index contributed by atoms with van der Waals surface area (Å²) >= 11 is 0. The van der Waals surface area contributed by atoms with Crippen molar-refractivity contribution in [1.82, 2.24) is 10.6 Å². The van der Waals surface area contributed by atoms with Crippen LogP contribution in [0.15, 0.2) is 18.2 Å². The molecule has 2 N–H and O–H groups in total. The molecule has 1 atom stereocenters. The molecule has 1 aromatic rings. The number of amides is 1. The van der Waals surface area contributed by atoms with Crippen molar-refractivity contribution in [1.29, 1.82) is 0 Å². The molecule has 3 rings (SSSR count). The first-order valence-corrected chi connectivity index (χ1v) is 8.08. The van der Waals surface area contributed by atoms with Crippen LogP contribution in [0.3, 0.4) is 0 Å². The molecule has 1 amide bonds. The Hall–Kier alpha value is -1.55. The second kappa shape index (κ2) is 6.48. The van der Waals surface area contributed by atoms with Gasteiger partial charge in [-0.15, -0.1) is 0 Å². The first kappa shape index (κ1) is 14.4. The molecule has 0 aromatic heterocycles. The van der Waals surface area contributed by atoms with Crippen molar-refractivity contribution in [2.45, 2.75) is 44.7 Å². The highest BCUT2D eigenvalue weighted by Crippen LogP contribution is 2.26. The lowest BCUT2D eigenvalue weighted by atomic mass is 9.99. The molecule has 2 aliphatic heterocycles. The number of hydrogen-bond donors (Lipinski definition) is 2. The lowest BCUT2D eigenvalue weighted by Crippen LogP contribution is -2.42. The minimum absolute atomic E-state index is 0.0359. The summed E-state index contributed by atoms with van der Waals surface area (Å²) in [6.45, 7) is 2.74. The van der Waals surface area contributed by atoms with Gasteiger partial charge < -0.3 is 15.5 Å². The molecule has 0 spiro atoms. The van der Waals surface area contributed by atoms with E-state index in [0.717, 1.165) is 45.3 Å². The van der Waals surface area contributed by atoms with E-state index in [1.807, 2.05) is 0 Å². The van der Waals surface area contributed by atoms with Crippen LogP contribution in [0, 0.1) is 0 Å². The van der Waals surface area contributed by atoms with Crippen molar-refractivity contribution in [2.75, 3.05) is 25.0 Å². The minimum Gasteiger partial charge on any atom is -0.374 e. The largest absolute Gasteiger partial charge is 0.374 e. The fraction of sp³-hybridized carbons (Fsp3) is 0.588. The highest BCUT2D eigenvalue weighted by molar-refractivity contribution is 5.81. The lowest BCUT2D eigenvalue weighted by Gasteiger charge is -2.28. The molecular weight excluding hydrogens is 262 g/mol. The van der Waals surface area contributed by atoms with Gasteiger partial charge in [0.2, 0.25) is 5.91 Å². The zero-order valence-corrected chi connectivity index (χ0v) is 12.8. The molecule has 0 saturated carbocycles. The summed E-state index contributed by atoms with van der Waals surface area (Å²) in [5.74, 6) is 0.158. The van der Waals surface area contributed by atoms with E-state index in [0.29, 0.717) is 0 Å². The standard InChI is InChI=1S/C17H25N3O/c1-20-10-4-5-14-11-13(7-8-16(14)20)12-19-15-6-2-3-9-18-17(15)21/h7-8,11,15,19H,2-6,9-10,12H2,1H3,(H,18,21). The normalized spacial score (nSPS) is 22.4. The van der Waals surface area contributed by atoms with Gasteiger partial charge in [-0.2, -0.15) is 0 Å². The number of aryl methyl sites for hydroxylation is 1. The molecular formula is C17H25N3O. The van der Waals surface area contributed by atoms with Crippen LogP contribution < -0.4 is 15.5 Å². The molecule has 0 radical (unpaired) electrons. The number of anilines is 1. The average molecular weight is 287 g/mol. The lowest BCUT2D eigenvalue weighted by molar-refractivity contribution is -0.122.